The summed E-state index contributed by atoms with van der Waals surface area (Å²) in [5.41, 5.74) is 4.53. The smallest absolute Gasteiger partial charge is 0.264 e. The Morgan fingerprint density at radius 3 is 2.45 bits per heavy atom. The Morgan fingerprint density at radius 2 is 1.84 bits per heavy atom. The van der Waals surface area contributed by atoms with Gasteiger partial charge < -0.3 is 4.42 Å². The molecule has 0 aliphatic carbocycles. The summed E-state index contributed by atoms with van der Waals surface area (Å²) < 4.78 is 34.0. The fraction of sp³-hybridized carbons (Fsp3) is 0.182. The van der Waals surface area contributed by atoms with E-state index in [0.29, 0.717) is 17.2 Å². The van der Waals surface area contributed by atoms with Gasteiger partial charge in [0.2, 0.25) is 0 Å². The first-order chi connectivity index (χ1) is 14.7. The molecule has 0 aliphatic rings. The number of carbonyl (C=O) groups is 1. The minimum absolute atomic E-state index is 0.0992. The third-order valence-electron chi connectivity index (χ3n) is 4.50. The highest BCUT2D eigenvalue weighted by molar-refractivity contribution is 9.10. The third kappa shape index (κ3) is 5.42. The van der Waals surface area contributed by atoms with Crippen molar-refractivity contribution in [2.75, 3.05) is 10.8 Å². The van der Waals surface area contributed by atoms with Gasteiger partial charge in [0, 0.05) is 6.07 Å². The average molecular weight is 504 g/mol. The predicted molar refractivity (Wildman–Crippen MR) is 124 cm³/mol. The van der Waals surface area contributed by atoms with Crippen molar-refractivity contribution in [1.29, 1.82) is 0 Å². The topological polar surface area (TPSA) is 92.0 Å². The van der Waals surface area contributed by atoms with E-state index in [0.717, 1.165) is 19.9 Å². The fourth-order valence-corrected chi connectivity index (χ4v) is 4.80. The maximum atomic E-state index is 13.3. The Balaban J connectivity index is 1.87. The van der Waals surface area contributed by atoms with Gasteiger partial charge in [-0.2, -0.15) is 5.10 Å². The van der Waals surface area contributed by atoms with Crippen LogP contribution >= 0.6 is 15.9 Å². The van der Waals surface area contributed by atoms with Gasteiger partial charge in [-0.3, -0.25) is 9.10 Å². The van der Waals surface area contributed by atoms with E-state index in [4.69, 9.17) is 4.42 Å². The molecule has 0 radical (unpaired) electrons. The van der Waals surface area contributed by atoms with E-state index in [-0.39, 0.29) is 4.90 Å². The number of rotatable bonds is 7. The molecule has 162 valence electrons. The lowest BCUT2D eigenvalue weighted by atomic mass is 10.1. The molecule has 3 rings (SSSR count). The Morgan fingerprint density at radius 1 is 1.13 bits per heavy atom. The van der Waals surface area contributed by atoms with Gasteiger partial charge in [0.25, 0.3) is 15.9 Å². The Kier molecular flexibility index (Phi) is 6.97. The molecule has 0 unspecified atom stereocenters. The summed E-state index contributed by atoms with van der Waals surface area (Å²) in [5, 5.41) is 3.87. The molecule has 0 bridgehead atoms. The first kappa shape index (κ1) is 22.8. The number of hydrogen-bond donors (Lipinski definition) is 1. The summed E-state index contributed by atoms with van der Waals surface area (Å²) in [6.07, 6.45) is 1.35. The molecule has 9 heteroatoms. The van der Waals surface area contributed by atoms with Crippen molar-refractivity contribution in [3.63, 3.8) is 0 Å². The number of hydrazone groups is 1. The van der Waals surface area contributed by atoms with Crippen molar-refractivity contribution >= 4 is 43.8 Å². The lowest BCUT2D eigenvalue weighted by Crippen LogP contribution is -2.40. The summed E-state index contributed by atoms with van der Waals surface area (Å²) in [7, 11) is -3.97. The average Bonchev–Trinajstić information content (AvgIpc) is 3.04. The summed E-state index contributed by atoms with van der Waals surface area (Å²) in [5.74, 6) is 0.550. The van der Waals surface area contributed by atoms with Gasteiger partial charge in [-0.15, -0.1) is 0 Å². The Bertz CT molecular complexity index is 1200. The van der Waals surface area contributed by atoms with Crippen LogP contribution in [0, 0.1) is 20.8 Å². The number of carbonyl (C=O) groups excluding carboxylic acids is 1. The number of halogens is 1. The normalized spacial score (nSPS) is 11.6. The lowest BCUT2D eigenvalue weighted by Gasteiger charge is -2.25. The minimum atomic E-state index is -3.97. The number of sulfonamides is 1. The first-order valence-corrected chi connectivity index (χ1v) is 11.6. The maximum Gasteiger partial charge on any atom is 0.264 e. The van der Waals surface area contributed by atoms with E-state index >= 15 is 0 Å². The lowest BCUT2D eigenvalue weighted by molar-refractivity contribution is -0.119. The van der Waals surface area contributed by atoms with E-state index < -0.39 is 22.5 Å². The molecule has 0 atom stereocenters. The molecule has 0 saturated heterocycles. The first-order valence-electron chi connectivity index (χ1n) is 9.41. The molecule has 1 aromatic heterocycles. The molecule has 1 N–H and O–H groups in total. The highest BCUT2D eigenvalue weighted by Gasteiger charge is 2.28. The molecule has 0 spiro atoms. The van der Waals surface area contributed by atoms with Gasteiger partial charge in [-0.25, -0.2) is 13.8 Å². The number of benzene rings is 2. The molecule has 0 saturated carbocycles. The molecular weight excluding hydrogens is 482 g/mol. The summed E-state index contributed by atoms with van der Waals surface area (Å²) in [6, 6.07) is 15.1. The largest absolute Gasteiger partial charge is 0.459 e. The van der Waals surface area contributed by atoms with Gasteiger partial charge in [0.05, 0.1) is 21.3 Å². The molecule has 2 aromatic carbocycles. The summed E-state index contributed by atoms with van der Waals surface area (Å²) >= 11 is 3.34. The van der Waals surface area contributed by atoms with Crippen LogP contribution in [0.1, 0.15) is 22.6 Å². The number of amides is 1. The highest BCUT2D eigenvalue weighted by atomic mass is 79.9. The number of aryl methyl sites for hydroxylation is 3. The van der Waals surface area contributed by atoms with E-state index in [1.807, 2.05) is 26.0 Å². The Hall–Kier alpha value is -2.91. The Labute approximate surface area is 189 Å². The second-order valence-corrected chi connectivity index (χ2v) is 9.68. The third-order valence-corrected chi connectivity index (χ3v) is 7.06. The van der Waals surface area contributed by atoms with E-state index in [2.05, 4.69) is 26.5 Å². The molecule has 31 heavy (non-hydrogen) atoms. The maximum absolute atomic E-state index is 13.3. The number of furan rings is 1. The van der Waals surface area contributed by atoms with Crippen LogP contribution in [0.25, 0.3) is 0 Å². The van der Waals surface area contributed by atoms with Crippen molar-refractivity contribution in [2.24, 2.45) is 5.10 Å². The highest BCUT2D eigenvalue weighted by Crippen LogP contribution is 2.27. The zero-order chi connectivity index (χ0) is 22.6. The van der Waals surface area contributed by atoms with Crippen LogP contribution in [0.15, 0.2) is 73.5 Å². The molecule has 7 nitrogen and oxygen atoms in total. The molecule has 3 aromatic rings. The summed E-state index contributed by atoms with van der Waals surface area (Å²) in [6.45, 7) is 5.08. The van der Waals surface area contributed by atoms with E-state index in [1.54, 1.807) is 37.3 Å². The van der Waals surface area contributed by atoms with Crippen LogP contribution in [-0.2, 0) is 14.8 Å². The zero-order valence-electron chi connectivity index (χ0n) is 17.3. The van der Waals surface area contributed by atoms with Gasteiger partial charge in [-0.1, -0.05) is 35.9 Å². The molecule has 1 heterocycles. The standard InChI is InChI=1S/C22H22BrN3O4S/c1-15-9-10-21(16(2)11-15)26(31(28,29)19-7-5-4-6-8-19)14-22(27)25-24-13-18-12-20(23)17(3)30-18/h4-13H,14H2,1-3H3,(H,25,27)/b24-13-. The van der Waals surface area contributed by atoms with E-state index in [1.165, 1.54) is 18.3 Å². The molecular formula is C22H22BrN3O4S. The van der Waals surface area contributed by atoms with Crippen LogP contribution < -0.4 is 9.73 Å². The monoisotopic (exact) mass is 503 g/mol. The van der Waals surface area contributed by atoms with Crippen LogP contribution in [0.4, 0.5) is 5.69 Å². The second kappa shape index (κ2) is 9.49. The van der Waals surface area contributed by atoms with Crippen molar-refractivity contribution in [3.05, 3.63) is 81.7 Å². The van der Waals surface area contributed by atoms with Crippen LogP contribution in [0.2, 0.25) is 0 Å². The van der Waals surface area contributed by atoms with Crippen LogP contribution in [0.5, 0.6) is 0 Å². The van der Waals surface area contributed by atoms with Gasteiger partial charge in [0.1, 0.15) is 18.1 Å². The van der Waals surface area contributed by atoms with Crippen molar-refractivity contribution in [3.8, 4) is 0 Å². The molecule has 1 amide bonds. The summed E-state index contributed by atoms with van der Waals surface area (Å²) in [4.78, 5) is 12.7. The van der Waals surface area contributed by atoms with Crippen LogP contribution in [0.3, 0.4) is 0 Å². The molecule has 0 aliphatic heterocycles. The van der Waals surface area contributed by atoms with Crippen molar-refractivity contribution < 1.29 is 17.6 Å². The fourth-order valence-electron chi connectivity index (χ4n) is 2.98. The number of hydrogen-bond acceptors (Lipinski definition) is 5. The number of anilines is 1. The van der Waals surface area contributed by atoms with Crippen molar-refractivity contribution in [2.45, 2.75) is 25.7 Å². The van der Waals surface area contributed by atoms with Gasteiger partial charge in [-0.05, 0) is 60.5 Å². The van der Waals surface area contributed by atoms with Gasteiger partial charge in [0.15, 0.2) is 0 Å². The SMILES string of the molecule is Cc1ccc(N(CC(=O)N/N=C\c2cc(Br)c(C)o2)S(=O)(=O)c2ccccc2)c(C)c1. The predicted octanol–water partition coefficient (Wildman–Crippen LogP) is 4.31. The number of nitrogens with zero attached hydrogens (tertiary/aromatic N) is 2. The van der Waals surface area contributed by atoms with Crippen molar-refractivity contribution in [1.82, 2.24) is 5.43 Å². The second-order valence-electron chi connectivity index (χ2n) is 6.96. The van der Waals surface area contributed by atoms with Crippen LogP contribution in [-0.4, -0.2) is 27.1 Å². The minimum Gasteiger partial charge on any atom is -0.459 e. The van der Waals surface area contributed by atoms with E-state index in [9.17, 15) is 13.2 Å². The quantitative estimate of drug-likeness (QED) is 0.384. The number of nitrogens with one attached hydrogen (secondary N) is 1. The molecule has 0 fully saturated rings. The van der Waals surface area contributed by atoms with Gasteiger partial charge >= 0.3 is 0 Å². The zero-order valence-corrected chi connectivity index (χ0v) is 19.7.